The normalized spacial score (nSPS) is 20.7. The SMILES string of the molecule is CCCCc1ncc(CN2CCC[C@](CO)(Cc3cccc(OC)c3)C2)[nH]1. The third-order valence-electron chi connectivity index (χ3n) is 5.63. The van der Waals surface area contributed by atoms with Crippen LogP contribution in [0.5, 0.6) is 5.75 Å². The van der Waals surface area contributed by atoms with Crippen molar-refractivity contribution in [1.29, 1.82) is 0 Å². The van der Waals surface area contributed by atoms with Crippen molar-refractivity contribution in [2.45, 2.75) is 52.0 Å². The highest BCUT2D eigenvalue weighted by molar-refractivity contribution is 5.29. The van der Waals surface area contributed by atoms with E-state index in [1.54, 1.807) is 7.11 Å². The van der Waals surface area contributed by atoms with Crippen molar-refractivity contribution in [2.75, 3.05) is 26.8 Å². The lowest BCUT2D eigenvalue weighted by molar-refractivity contribution is 0.0283. The van der Waals surface area contributed by atoms with E-state index < -0.39 is 0 Å². The number of benzene rings is 1. The zero-order chi connectivity index (χ0) is 19.1. The molecule has 0 amide bonds. The van der Waals surface area contributed by atoms with Crippen molar-refractivity contribution in [2.24, 2.45) is 5.41 Å². The number of methoxy groups -OCH3 is 1. The van der Waals surface area contributed by atoms with Gasteiger partial charge in [-0.05, 0) is 49.9 Å². The second-order valence-corrected chi connectivity index (χ2v) is 7.96. The number of nitrogens with one attached hydrogen (secondary N) is 1. The topological polar surface area (TPSA) is 61.4 Å². The Kier molecular flexibility index (Phi) is 6.91. The van der Waals surface area contributed by atoms with Crippen molar-refractivity contribution in [3.05, 3.63) is 47.5 Å². The first-order valence-electron chi connectivity index (χ1n) is 10.2. The molecule has 3 rings (SSSR count). The number of aromatic nitrogens is 2. The molecule has 2 heterocycles. The number of likely N-dealkylation sites (tertiary alicyclic amines) is 1. The van der Waals surface area contributed by atoms with E-state index in [0.29, 0.717) is 0 Å². The third-order valence-corrected chi connectivity index (χ3v) is 5.63. The number of nitrogens with zero attached hydrogens (tertiary/aromatic N) is 2. The van der Waals surface area contributed by atoms with E-state index in [1.807, 2.05) is 18.3 Å². The summed E-state index contributed by atoms with van der Waals surface area (Å²) < 4.78 is 5.36. The highest BCUT2D eigenvalue weighted by Crippen LogP contribution is 2.34. The van der Waals surface area contributed by atoms with E-state index in [1.165, 1.54) is 24.1 Å². The number of hydrogen-bond acceptors (Lipinski definition) is 4. The molecule has 2 aromatic rings. The number of H-pyrrole nitrogens is 1. The molecule has 0 aliphatic carbocycles. The van der Waals surface area contributed by atoms with Crippen LogP contribution in [0.2, 0.25) is 0 Å². The Labute approximate surface area is 162 Å². The van der Waals surface area contributed by atoms with E-state index in [0.717, 1.165) is 56.9 Å². The molecule has 0 spiro atoms. The van der Waals surface area contributed by atoms with Crippen LogP contribution in [0, 0.1) is 5.41 Å². The van der Waals surface area contributed by atoms with Crippen LogP contribution in [-0.4, -0.2) is 46.8 Å². The summed E-state index contributed by atoms with van der Waals surface area (Å²) in [5.74, 6) is 1.97. The fraction of sp³-hybridized carbons (Fsp3) is 0.591. The first kappa shape index (κ1) is 19.9. The van der Waals surface area contributed by atoms with Crippen LogP contribution in [-0.2, 0) is 19.4 Å². The maximum absolute atomic E-state index is 10.2. The van der Waals surface area contributed by atoms with Gasteiger partial charge in [0.15, 0.2) is 0 Å². The van der Waals surface area contributed by atoms with E-state index >= 15 is 0 Å². The Bertz CT molecular complexity index is 715. The summed E-state index contributed by atoms with van der Waals surface area (Å²) in [6.07, 6.45) is 8.40. The number of aromatic amines is 1. The van der Waals surface area contributed by atoms with Crippen LogP contribution in [0.25, 0.3) is 0 Å². The number of imidazole rings is 1. The zero-order valence-electron chi connectivity index (χ0n) is 16.7. The molecule has 148 valence electrons. The third kappa shape index (κ3) is 5.33. The number of aliphatic hydroxyl groups is 1. The van der Waals surface area contributed by atoms with Gasteiger partial charge in [0.25, 0.3) is 0 Å². The molecule has 0 bridgehead atoms. The van der Waals surface area contributed by atoms with Gasteiger partial charge in [-0.3, -0.25) is 4.90 Å². The number of hydrogen-bond donors (Lipinski definition) is 2. The Morgan fingerprint density at radius 1 is 1.37 bits per heavy atom. The highest BCUT2D eigenvalue weighted by Gasteiger charge is 2.35. The van der Waals surface area contributed by atoms with Gasteiger partial charge in [-0.15, -0.1) is 0 Å². The molecule has 0 unspecified atom stereocenters. The molecule has 1 atom stereocenters. The quantitative estimate of drug-likeness (QED) is 0.707. The van der Waals surface area contributed by atoms with Crippen LogP contribution >= 0.6 is 0 Å². The molecule has 0 radical (unpaired) electrons. The lowest BCUT2D eigenvalue weighted by Gasteiger charge is -2.42. The minimum absolute atomic E-state index is 0.0876. The smallest absolute Gasteiger partial charge is 0.119 e. The molecule has 5 heteroatoms. The minimum atomic E-state index is -0.0876. The lowest BCUT2D eigenvalue weighted by Crippen LogP contribution is -2.46. The summed E-state index contributed by atoms with van der Waals surface area (Å²) in [4.78, 5) is 10.4. The standard InChI is InChI=1S/C22H33N3O2/c1-3-4-9-21-23-14-19(24-21)15-25-11-6-10-22(16-25,17-26)13-18-7-5-8-20(12-18)27-2/h5,7-8,12,14,26H,3-4,6,9-11,13,15-17H2,1-2H3,(H,23,24)/t22-/m0/s1. The molecule has 1 aromatic heterocycles. The van der Waals surface area contributed by atoms with Gasteiger partial charge in [-0.25, -0.2) is 4.98 Å². The molecule has 1 aromatic carbocycles. The Hall–Kier alpha value is -1.85. The monoisotopic (exact) mass is 371 g/mol. The summed E-state index contributed by atoms with van der Waals surface area (Å²) in [6, 6.07) is 8.22. The summed E-state index contributed by atoms with van der Waals surface area (Å²) in [6.45, 7) is 5.27. The predicted molar refractivity (Wildman–Crippen MR) is 108 cm³/mol. The van der Waals surface area contributed by atoms with Crippen LogP contribution in [0.15, 0.2) is 30.5 Å². The average molecular weight is 372 g/mol. The number of ether oxygens (including phenoxy) is 1. The Morgan fingerprint density at radius 2 is 2.26 bits per heavy atom. The molecule has 2 N–H and O–H groups in total. The average Bonchev–Trinajstić information content (AvgIpc) is 3.14. The molecule has 0 saturated carbocycles. The van der Waals surface area contributed by atoms with Crippen LogP contribution in [0.4, 0.5) is 0 Å². The second kappa shape index (κ2) is 9.38. The van der Waals surface area contributed by atoms with E-state index in [9.17, 15) is 5.11 Å². The van der Waals surface area contributed by atoms with Gasteiger partial charge in [0, 0.05) is 36.8 Å². The Morgan fingerprint density at radius 3 is 3.04 bits per heavy atom. The van der Waals surface area contributed by atoms with Crippen molar-refractivity contribution in [3.63, 3.8) is 0 Å². The molecule has 1 aliphatic heterocycles. The number of rotatable bonds is 9. The molecule has 5 nitrogen and oxygen atoms in total. The fourth-order valence-corrected chi connectivity index (χ4v) is 4.19. The molecule has 1 fully saturated rings. The van der Waals surface area contributed by atoms with E-state index in [4.69, 9.17) is 4.74 Å². The maximum Gasteiger partial charge on any atom is 0.119 e. The number of unbranched alkanes of at least 4 members (excludes halogenated alkanes) is 1. The van der Waals surface area contributed by atoms with Gasteiger partial charge in [-0.1, -0.05) is 25.5 Å². The summed E-state index contributed by atoms with van der Waals surface area (Å²) in [7, 11) is 1.70. The fourth-order valence-electron chi connectivity index (χ4n) is 4.19. The molecule has 27 heavy (non-hydrogen) atoms. The van der Waals surface area contributed by atoms with Crippen molar-refractivity contribution in [1.82, 2.24) is 14.9 Å². The van der Waals surface area contributed by atoms with Gasteiger partial charge < -0.3 is 14.8 Å². The van der Waals surface area contributed by atoms with Gasteiger partial charge in [0.1, 0.15) is 11.6 Å². The summed E-state index contributed by atoms with van der Waals surface area (Å²) >= 11 is 0. The summed E-state index contributed by atoms with van der Waals surface area (Å²) in [5, 5.41) is 10.2. The zero-order valence-corrected chi connectivity index (χ0v) is 16.7. The second-order valence-electron chi connectivity index (χ2n) is 7.96. The lowest BCUT2D eigenvalue weighted by atomic mass is 9.75. The van der Waals surface area contributed by atoms with Gasteiger partial charge in [0.2, 0.25) is 0 Å². The first-order chi connectivity index (χ1) is 13.2. The predicted octanol–water partition coefficient (Wildman–Crippen LogP) is 3.58. The Balaban J connectivity index is 1.64. The van der Waals surface area contributed by atoms with Crippen LogP contribution in [0.1, 0.15) is 49.7 Å². The van der Waals surface area contributed by atoms with Crippen LogP contribution < -0.4 is 4.74 Å². The van der Waals surface area contributed by atoms with E-state index in [-0.39, 0.29) is 12.0 Å². The molecular formula is C22H33N3O2. The largest absolute Gasteiger partial charge is 0.497 e. The first-order valence-corrected chi connectivity index (χ1v) is 10.2. The minimum Gasteiger partial charge on any atom is -0.497 e. The number of aliphatic hydroxyl groups excluding tert-OH is 1. The molecule has 1 saturated heterocycles. The molecule has 1 aliphatic rings. The maximum atomic E-state index is 10.2. The van der Waals surface area contributed by atoms with E-state index in [2.05, 4.69) is 33.9 Å². The van der Waals surface area contributed by atoms with Crippen molar-refractivity contribution < 1.29 is 9.84 Å². The number of aryl methyl sites for hydroxylation is 1. The summed E-state index contributed by atoms with van der Waals surface area (Å²) in [5.41, 5.74) is 2.32. The van der Waals surface area contributed by atoms with Crippen LogP contribution in [0.3, 0.4) is 0 Å². The highest BCUT2D eigenvalue weighted by atomic mass is 16.5. The van der Waals surface area contributed by atoms with Gasteiger partial charge in [0.05, 0.1) is 13.7 Å². The van der Waals surface area contributed by atoms with Crippen molar-refractivity contribution >= 4 is 0 Å². The van der Waals surface area contributed by atoms with Crippen molar-refractivity contribution in [3.8, 4) is 5.75 Å². The molecular weight excluding hydrogens is 338 g/mol. The van der Waals surface area contributed by atoms with Gasteiger partial charge >= 0.3 is 0 Å². The number of piperidine rings is 1. The van der Waals surface area contributed by atoms with Gasteiger partial charge in [-0.2, -0.15) is 0 Å².